The van der Waals surface area contributed by atoms with Gasteiger partial charge in [-0.3, -0.25) is 9.59 Å². The Morgan fingerprint density at radius 1 is 1.29 bits per heavy atom. The molecule has 0 radical (unpaired) electrons. The maximum atomic E-state index is 12.9. The SMILES string of the molecule is CCC1SC(c2cc(OC)ccc2OC)N(CCCN(C)C(=O)C(C)C)C1=O. The second-order valence-electron chi connectivity index (χ2n) is 7.29. The summed E-state index contributed by atoms with van der Waals surface area (Å²) in [5.74, 6) is 1.75. The van der Waals surface area contributed by atoms with Crippen molar-refractivity contribution in [2.45, 2.75) is 44.2 Å². The maximum Gasteiger partial charge on any atom is 0.236 e. The van der Waals surface area contributed by atoms with E-state index in [1.165, 1.54) is 0 Å². The Kier molecular flexibility index (Phi) is 8.04. The maximum absolute atomic E-state index is 12.9. The molecular weight excluding hydrogens is 376 g/mol. The fourth-order valence-corrected chi connectivity index (χ4v) is 4.83. The van der Waals surface area contributed by atoms with E-state index in [1.54, 1.807) is 30.9 Å². The molecule has 2 atom stereocenters. The average Bonchev–Trinajstić information content (AvgIpc) is 3.02. The van der Waals surface area contributed by atoms with Crippen LogP contribution in [0.5, 0.6) is 11.5 Å². The van der Waals surface area contributed by atoms with E-state index < -0.39 is 0 Å². The van der Waals surface area contributed by atoms with Gasteiger partial charge in [-0.15, -0.1) is 11.8 Å². The molecule has 0 aromatic heterocycles. The predicted molar refractivity (Wildman–Crippen MR) is 113 cm³/mol. The average molecular weight is 409 g/mol. The van der Waals surface area contributed by atoms with E-state index in [0.29, 0.717) is 13.1 Å². The highest BCUT2D eigenvalue weighted by molar-refractivity contribution is 8.01. The van der Waals surface area contributed by atoms with Gasteiger partial charge in [0.1, 0.15) is 16.9 Å². The number of ether oxygens (including phenoxy) is 2. The standard InChI is InChI=1S/C21H32N2O4S/c1-7-18-20(25)23(12-8-11-22(4)19(24)14(2)3)21(28-18)16-13-15(26-5)9-10-17(16)27-6/h9-10,13-14,18,21H,7-8,11-12H2,1-6H3. The minimum absolute atomic E-state index is 0.0211. The summed E-state index contributed by atoms with van der Waals surface area (Å²) < 4.78 is 10.9. The summed E-state index contributed by atoms with van der Waals surface area (Å²) in [6, 6.07) is 5.69. The Hall–Kier alpha value is -1.89. The van der Waals surface area contributed by atoms with Gasteiger partial charge < -0.3 is 19.3 Å². The van der Waals surface area contributed by atoms with E-state index in [1.807, 2.05) is 50.9 Å². The Morgan fingerprint density at radius 3 is 2.57 bits per heavy atom. The first-order valence-electron chi connectivity index (χ1n) is 9.76. The first-order valence-corrected chi connectivity index (χ1v) is 10.7. The Balaban J connectivity index is 2.18. The minimum atomic E-state index is -0.117. The van der Waals surface area contributed by atoms with Crippen LogP contribution in [0, 0.1) is 5.92 Å². The molecule has 0 spiro atoms. The van der Waals surface area contributed by atoms with E-state index in [4.69, 9.17) is 9.47 Å². The normalized spacial score (nSPS) is 19.2. The number of carbonyl (C=O) groups excluding carboxylic acids is 2. The zero-order valence-electron chi connectivity index (χ0n) is 17.7. The van der Waals surface area contributed by atoms with Gasteiger partial charge in [0, 0.05) is 31.6 Å². The van der Waals surface area contributed by atoms with E-state index in [2.05, 4.69) is 0 Å². The highest BCUT2D eigenvalue weighted by atomic mass is 32.2. The van der Waals surface area contributed by atoms with Gasteiger partial charge in [-0.25, -0.2) is 0 Å². The lowest BCUT2D eigenvalue weighted by Gasteiger charge is -2.27. The van der Waals surface area contributed by atoms with E-state index in [0.717, 1.165) is 29.9 Å². The van der Waals surface area contributed by atoms with E-state index in [-0.39, 0.29) is 28.4 Å². The van der Waals surface area contributed by atoms with Crippen LogP contribution in [0.25, 0.3) is 0 Å². The summed E-state index contributed by atoms with van der Waals surface area (Å²) >= 11 is 1.66. The summed E-state index contributed by atoms with van der Waals surface area (Å²) in [6.07, 6.45) is 1.52. The van der Waals surface area contributed by atoms with Gasteiger partial charge >= 0.3 is 0 Å². The summed E-state index contributed by atoms with van der Waals surface area (Å²) in [4.78, 5) is 28.7. The van der Waals surface area contributed by atoms with Crippen LogP contribution in [-0.2, 0) is 9.59 Å². The molecule has 1 aliphatic rings. The van der Waals surface area contributed by atoms with Crippen molar-refractivity contribution in [3.8, 4) is 11.5 Å². The van der Waals surface area contributed by atoms with Crippen molar-refractivity contribution in [3.63, 3.8) is 0 Å². The lowest BCUT2D eigenvalue weighted by Crippen LogP contribution is -2.36. The van der Waals surface area contributed by atoms with Crippen LogP contribution in [0.2, 0.25) is 0 Å². The third kappa shape index (κ3) is 4.93. The molecule has 1 aromatic carbocycles. The molecule has 1 aromatic rings. The summed E-state index contributed by atoms with van der Waals surface area (Å²) in [5, 5.41) is -0.176. The number of amides is 2. The van der Waals surface area contributed by atoms with Crippen molar-refractivity contribution in [2.24, 2.45) is 5.92 Å². The molecule has 1 saturated heterocycles. The highest BCUT2D eigenvalue weighted by Gasteiger charge is 2.41. The lowest BCUT2D eigenvalue weighted by atomic mass is 10.1. The number of benzene rings is 1. The quantitative estimate of drug-likeness (QED) is 0.625. The monoisotopic (exact) mass is 408 g/mol. The van der Waals surface area contributed by atoms with Gasteiger partial charge in [0.2, 0.25) is 11.8 Å². The summed E-state index contributed by atoms with van der Waals surface area (Å²) in [5.41, 5.74) is 0.947. The molecule has 0 N–H and O–H groups in total. The van der Waals surface area contributed by atoms with E-state index >= 15 is 0 Å². The molecule has 7 heteroatoms. The second kappa shape index (κ2) is 10.0. The van der Waals surface area contributed by atoms with Crippen molar-refractivity contribution in [3.05, 3.63) is 23.8 Å². The number of nitrogens with zero attached hydrogens (tertiary/aromatic N) is 2. The largest absolute Gasteiger partial charge is 0.497 e. The first-order chi connectivity index (χ1) is 13.3. The van der Waals surface area contributed by atoms with Gasteiger partial charge in [-0.05, 0) is 31.0 Å². The molecule has 6 nitrogen and oxygen atoms in total. The molecule has 2 amide bonds. The summed E-state index contributed by atoms with van der Waals surface area (Å²) in [7, 11) is 5.09. The smallest absolute Gasteiger partial charge is 0.236 e. The third-order valence-corrected chi connectivity index (χ3v) is 6.60. The van der Waals surface area contributed by atoms with Crippen LogP contribution in [0.3, 0.4) is 0 Å². The minimum Gasteiger partial charge on any atom is -0.497 e. The van der Waals surface area contributed by atoms with Crippen LogP contribution in [-0.4, -0.2) is 61.2 Å². The molecule has 2 rings (SSSR count). The number of methoxy groups -OCH3 is 2. The van der Waals surface area contributed by atoms with Crippen molar-refractivity contribution in [2.75, 3.05) is 34.4 Å². The zero-order valence-corrected chi connectivity index (χ0v) is 18.5. The number of hydrogen-bond acceptors (Lipinski definition) is 5. The van der Waals surface area contributed by atoms with Gasteiger partial charge in [-0.2, -0.15) is 0 Å². The van der Waals surface area contributed by atoms with E-state index in [9.17, 15) is 9.59 Å². The van der Waals surface area contributed by atoms with Crippen LogP contribution >= 0.6 is 11.8 Å². The molecule has 1 fully saturated rings. The summed E-state index contributed by atoms with van der Waals surface area (Å²) in [6.45, 7) is 7.06. The van der Waals surface area contributed by atoms with Crippen molar-refractivity contribution >= 4 is 23.6 Å². The van der Waals surface area contributed by atoms with Gasteiger partial charge in [-0.1, -0.05) is 20.8 Å². The van der Waals surface area contributed by atoms with Crippen LogP contribution in [0.4, 0.5) is 0 Å². The van der Waals surface area contributed by atoms with Gasteiger partial charge in [0.25, 0.3) is 0 Å². The topological polar surface area (TPSA) is 59.1 Å². The number of carbonyl (C=O) groups is 2. The number of rotatable bonds is 9. The van der Waals surface area contributed by atoms with Gasteiger partial charge in [0.15, 0.2) is 0 Å². The molecule has 2 unspecified atom stereocenters. The van der Waals surface area contributed by atoms with Crippen molar-refractivity contribution < 1.29 is 19.1 Å². The molecule has 1 aliphatic heterocycles. The molecule has 1 heterocycles. The molecule has 0 bridgehead atoms. The number of hydrogen-bond donors (Lipinski definition) is 0. The van der Waals surface area contributed by atoms with Crippen LogP contribution in [0.15, 0.2) is 18.2 Å². The molecular formula is C21H32N2O4S. The highest BCUT2D eigenvalue weighted by Crippen LogP contribution is 2.47. The molecule has 156 valence electrons. The van der Waals surface area contributed by atoms with Crippen molar-refractivity contribution in [1.29, 1.82) is 0 Å². The van der Waals surface area contributed by atoms with Crippen LogP contribution in [0.1, 0.15) is 44.6 Å². The predicted octanol–water partition coefficient (Wildman–Crippen LogP) is 3.56. The van der Waals surface area contributed by atoms with Crippen LogP contribution < -0.4 is 9.47 Å². The first kappa shape index (κ1) is 22.4. The second-order valence-corrected chi connectivity index (χ2v) is 8.58. The Bertz CT molecular complexity index is 695. The fraction of sp³-hybridized carbons (Fsp3) is 0.619. The molecule has 0 saturated carbocycles. The van der Waals surface area contributed by atoms with Crippen molar-refractivity contribution in [1.82, 2.24) is 9.80 Å². The lowest BCUT2D eigenvalue weighted by molar-refractivity contribution is -0.133. The Morgan fingerprint density at radius 2 is 2.00 bits per heavy atom. The fourth-order valence-electron chi connectivity index (χ4n) is 3.39. The Labute approximate surface area is 172 Å². The molecule has 28 heavy (non-hydrogen) atoms. The molecule has 0 aliphatic carbocycles. The zero-order chi connectivity index (χ0) is 20.8. The third-order valence-electron chi connectivity index (χ3n) is 4.97. The van der Waals surface area contributed by atoms with Gasteiger partial charge in [0.05, 0.1) is 19.5 Å². The number of thioether (sulfide) groups is 1.